The summed E-state index contributed by atoms with van der Waals surface area (Å²) in [7, 11) is 0. The topological polar surface area (TPSA) is 99.2 Å². The van der Waals surface area contributed by atoms with E-state index in [1.54, 1.807) is 4.90 Å². The molecule has 1 saturated heterocycles. The summed E-state index contributed by atoms with van der Waals surface area (Å²) in [5.41, 5.74) is 6.32. The van der Waals surface area contributed by atoms with Gasteiger partial charge in [0, 0.05) is 31.9 Å². The summed E-state index contributed by atoms with van der Waals surface area (Å²) in [4.78, 5) is 22.8. The number of hydrogen-bond donors (Lipinski definition) is 2. The first-order valence-corrected chi connectivity index (χ1v) is 7.28. The van der Waals surface area contributed by atoms with E-state index in [1.165, 1.54) is 12.5 Å². The van der Waals surface area contributed by atoms with Crippen LogP contribution in [0.5, 0.6) is 0 Å². The number of likely N-dealkylation sites (tertiary alicyclic amines) is 1. The Balaban J connectivity index is 0.00000106. The van der Waals surface area contributed by atoms with Crippen molar-refractivity contribution in [3.63, 3.8) is 0 Å². The van der Waals surface area contributed by atoms with Crippen LogP contribution >= 0.6 is 0 Å². The lowest BCUT2D eigenvalue weighted by molar-refractivity contribution is -0.117. The van der Waals surface area contributed by atoms with Crippen LogP contribution in [-0.4, -0.2) is 53.2 Å². The van der Waals surface area contributed by atoms with Crippen molar-refractivity contribution in [3.8, 4) is 0 Å². The maximum absolute atomic E-state index is 10.8. The van der Waals surface area contributed by atoms with E-state index < -0.39 is 0 Å². The molecule has 21 heavy (non-hydrogen) atoms. The van der Waals surface area contributed by atoms with Crippen molar-refractivity contribution in [1.82, 2.24) is 14.9 Å². The molecular weight excluding hydrogens is 268 g/mol. The van der Waals surface area contributed by atoms with E-state index in [0.29, 0.717) is 23.7 Å². The molecule has 116 valence electrons. The SMILES string of the molecule is CC.CCN(c1ncnc(N)c1C=N)C1CCN(C=O)C1. The third-order valence-corrected chi connectivity index (χ3v) is 3.44. The van der Waals surface area contributed by atoms with Crippen LogP contribution in [0.3, 0.4) is 0 Å². The van der Waals surface area contributed by atoms with Crippen LogP contribution in [-0.2, 0) is 4.79 Å². The predicted octanol–water partition coefficient (Wildman–Crippen LogP) is 1.14. The average molecular weight is 292 g/mol. The molecule has 1 amide bonds. The fourth-order valence-electron chi connectivity index (χ4n) is 2.47. The highest BCUT2D eigenvalue weighted by Crippen LogP contribution is 2.25. The number of nitrogens with one attached hydrogen (secondary N) is 1. The van der Waals surface area contributed by atoms with Gasteiger partial charge in [-0.2, -0.15) is 0 Å². The van der Waals surface area contributed by atoms with Gasteiger partial charge in [0.1, 0.15) is 18.0 Å². The summed E-state index contributed by atoms with van der Waals surface area (Å²) in [6.45, 7) is 8.20. The number of nitrogens with two attached hydrogens (primary N) is 1. The fraction of sp³-hybridized carbons (Fsp3) is 0.571. The number of amides is 1. The first kappa shape index (κ1) is 16.9. The lowest BCUT2D eigenvalue weighted by atomic mass is 10.2. The van der Waals surface area contributed by atoms with Crippen LogP contribution in [0.15, 0.2) is 6.33 Å². The Morgan fingerprint density at radius 1 is 1.52 bits per heavy atom. The van der Waals surface area contributed by atoms with Crippen LogP contribution in [0.2, 0.25) is 0 Å². The van der Waals surface area contributed by atoms with Gasteiger partial charge in [-0.05, 0) is 13.3 Å². The first-order valence-electron chi connectivity index (χ1n) is 7.28. The highest BCUT2D eigenvalue weighted by atomic mass is 16.1. The first-order chi connectivity index (χ1) is 10.2. The summed E-state index contributed by atoms with van der Waals surface area (Å²) >= 11 is 0. The van der Waals surface area contributed by atoms with E-state index in [2.05, 4.69) is 14.9 Å². The van der Waals surface area contributed by atoms with Crippen LogP contribution in [0.1, 0.15) is 32.8 Å². The lowest BCUT2D eigenvalue weighted by Gasteiger charge is -2.29. The van der Waals surface area contributed by atoms with Gasteiger partial charge in [0.25, 0.3) is 0 Å². The molecule has 1 aromatic rings. The Kier molecular flexibility index (Phi) is 6.58. The lowest BCUT2D eigenvalue weighted by Crippen LogP contribution is -2.38. The summed E-state index contributed by atoms with van der Waals surface area (Å²) in [6, 6.07) is 0.211. The van der Waals surface area contributed by atoms with Crippen molar-refractivity contribution < 1.29 is 4.79 Å². The van der Waals surface area contributed by atoms with Crippen molar-refractivity contribution in [3.05, 3.63) is 11.9 Å². The number of aromatic nitrogens is 2. The molecule has 7 nitrogen and oxygen atoms in total. The molecule has 3 N–H and O–H groups in total. The molecule has 0 spiro atoms. The summed E-state index contributed by atoms with van der Waals surface area (Å²) in [5.74, 6) is 0.978. The highest BCUT2D eigenvalue weighted by Gasteiger charge is 2.28. The van der Waals surface area contributed by atoms with Gasteiger partial charge in [0.05, 0.1) is 5.56 Å². The molecule has 0 saturated carbocycles. The molecule has 0 aromatic carbocycles. The normalized spacial score (nSPS) is 16.9. The molecule has 0 radical (unpaired) electrons. The van der Waals surface area contributed by atoms with Gasteiger partial charge in [-0.15, -0.1) is 0 Å². The van der Waals surface area contributed by atoms with E-state index in [9.17, 15) is 4.79 Å². The number of carbonyl (C=O) groups is 1. The largest absolute Gasteiger partial charge is 0.383 e. The minimum Gasteiger partial charge on any atom is -0.383 e. The van der Waals surface area contributed by atoms with Crippen molar-refractivity contribution in [2.24, 2.45) is 0 Å². The number of carbonyl (C=O) groups excluding carboxylic acids is 1. The number of nitrogens with zero attached hydrogens (tertiary/aromatic N) is 4. The molecule has 1 atom stereocenters. The quantitative estimate of drug-likeness (QED) is 0.626. The molecule has 7 heteroatoms. The number of rotatable bonds is 5. The number of nitrogen functional groups attached to an aromatic ring is 1. The molecule has 0 aliphatic carbocycles. The maximum Gasteiger partial charge on any atom is 0.209 e. The fourth-order valence-corrected chi connectivity index (χ4v) is 2.47. The predicted molar refractivity (Wildman–Crippen MR) is 84.7 cm³/mol. The Morgan fingerprint density at radius 2 is 2.24 bits per heavy atom. The minimum atomic E-state index is 0.211. The second-order valence-corrected chi connectivity index (χ2v) is 4.47. The maximum atomic E-state index is 10.8. The second-order valence-electron chi connectivity index (χ2n) is 4.47. The number of likely N-dealkylation sites (N-methyl/N-ethyl adjacent to an activating group) is 1. The van der Waals surface area contributed by atoms with E-state index in [0.717, 1.165) is 25.9 Å². The van der Waals surface area contributed by atoms with Crippen LogP contribution in [0.4, 0.5) is 11.6 Å². The van der Waals surface area contributed by atoms with Crippen LogP contribution < -0.4 is 10.6 Å². The third-order valence-electron chi connectivity index (χ3n) is 3.44. The molecule has 2 rings (SSSR count). The van der Waals surface area contributed by atoms with Crippen LogP contribution in [0, 0.1) is 5.41 Å². The summed E-state index contributed by atoms with van der Waals surface area (Å²) in [6.07, 6.45) is 4.36. The minimum absolute atomic E-state index is 0.211. The van der Waals surface area contributed by atoms with Crippen molar-refractivity contribution in [2.45, 2.75) is 33.2 Å². The van der Waals surface area contributed by atoms with Gasteiger partial charge < -0.3 is 20.9 Å². The van der Waals surface area contributed by atoms with E-state index in [1.807, 2.05) is 20.8 Å². The Labute approximate surface area is 125 Å². The molecule has 1 aromatic heterocycles. The van der Waals surface area contributed by atoms with Gasteiger partial charge in [0.15, 0.2) is 0 Å². The molecule has 1 fully saturated rings. The van der Waals surface area contributed by atoms with Crippen LogP contribution in [0.25, 0.3) is 0 Å². The Hall–Kier alpha value is -2.18. The Bertz CT molecular complexity index is 479. The number of anilines is 2. The van der Waals surface area contributed by atoms with E-state index in [4.69, 9.17) is 11.1 Å². The molecular formula is C14H24N6O. The highest BCUT2D eigenvalue weighted by molar-refractivity contribution is 5.90. The van der Waals surface area contributed by atoms with E-state index >= 15 is 0 Å². The summed E-state index contributed by atoms with van der Waals surface area (Å²) in [5, 5.41) is 7.46. The van der Waals surface area contributed by atoms with Crippen molar-refractivity contribution in [2.75, 3.05) is 30.3 Å². The molecule has 2 heterocycles. The number of hydrogen-bond acceptors (Lipinski definition) is 6. The zero-order chi connectivity index (χ0) is 15.8. The third kappa shape index (κ3) is 3.68. The zero-order valence-electron chi connectivity index (χ0n) is 12.9. The van der Waals surface area contributed by atoms with Crippen molar-refractivity contribution >= 4 is 24.3 Å². The smallest absolute Gasteiger partial charge is 0.209 e. The average Bonchev–Trinajstić information content (AvgIpc) is 2.99. The molecule has 1 unspecified atom stereocenters. The van der Waals surface area contributed by atoms with Gasteiger partial charge >= 0.3 is 0 Å². The second kappa shape index (κ2) is 8.18. The molecule has 1 aliphatic heterocycles. The molecule has 1 aliphatic rings. The van der Waals surface area contributed by atoms with Gasteiger partial charge in [-0.1, -0.05) is 13.8 Å². The van der Waals surface area contributed by atoms with Crippen molar-refractivity contribution in [1.29, 1.82) is 5.41 Å². The van der Waals surface area contributed by atoms with Gasteiger partial charge in [0.2, 0.25) is 6.41 Å². The van der Waals surface area contributed by atoms with Gasteiger partial charge in [-0.3, -0.25) is 4.79 Å². The van der Waals surface area contributed by atoms with E-state index in [-0.39, 0.29) is 6.04 Å². The zero-order valence-corrected chi connectivity index (χ0v) is 12.9. The monoisotopic (exact) mass is 292 g/mol. The molecule has 0 bridgehead atoms. The summed E-state index contributed by atoms with van der Waals surface area (Å²) < 4.78 is 0. The van der Waals surface area contributed by atoms with Gasteiger partial charge in [-0.25, -0.2) is 9.97 Å². The Morgan fingerprint density at radius 3 is 2.76 bits per heavy atom. The standard InChI is InChI=1S/C12H18N6O.C2H6/c1-2-18(9-3-4-17(6-9)8-19)12-10(5-13)11(14)15-7-16-12;1-2/h5,7-9,13H,2-4,6H2,1H3,(H2,14,15,16);1-2H3.